The molecule has 0 spiro atoms. The third kappa shape index (κ3) is 4.02. The van der Waals surface area contributed by atoms with Crippen LogP contribution in [0.4, 0.5) is 10.5 Å². The van der Waals surface area contributed by atoms with E-state index in [1.54, 1.807) is 25.1 Å². The lowest BCUT2D eigenvalue weighted by atomic mass is 10.1. The molecule has 0 heterocycles. The summed E-state index contributed by atoms with van der Waals surface area (Å²) in [5.74, 6) is 1.40. The molecule has 1 aromatic carbocycles. The fourth-order valence-electron chi connectivity index (χ4n) is 1.86. The number of benzene rings is 1. The molecule has 106 valence electrons. The number of urea groups is 1. The second kappa shape index (κ2) is 7.19. The van der Waals surface area contributed by atoms with Crippen molar-refractivity contribution in [1.82, 2.24) is 5.32 Å². The first kappa shape index (κ1) is 15.6. The van der Waals surface area contributed by atoms with Crippen LogP contribution in [0.3, 0.4) is 0 Å². The van der Waals surface area contributed by atoms with Gasteiger partial charge in [-0.05, 0) is 25.0 Å². The molecule has 1 unspecified atom stereocenters. The minimum atomic E-state index is -1.08. The molecular formula is C15H18N2O3. The van der Waals surface area contributed by atoms with Crippen LogP contribution >= 0.6 is 0 Å². The first-order valence-corrected chi connectivity index (χ1v) is 6.36. The van der Waals surface area contributed by atoms with Crippen LogP contribution in [0.5, 0.6) is 0 Å². The summed E-state index contributed by atoms with van der Waals surface area (Å²) >= 11 is 0. The number of nitrogens with one attached hydrogen (secondary N) is 2. The van der Waals surface area contributed by atoms with Gasteiger partial charge in [0.1, 0.15) is 0 Å². The molecule has 0 saturated heterocycles. The average Bonchev–Trinajstić information content (AvgIpc) is 2.37. The van der Waals surface area contributed by atoms with Crippen molar-refractivity contribution in [2.45, 2.75) is 32.7 Å². The molecule has 2 amide bonds. The van der Waals surface area contributed by atoms with Crippen molar-refractivity contribution in [1.29, 1.82) is 0 Å². The van der Waals surface area contributed by atoms with Gasteiger partial charge < -0.3 is 15.7 Å². The summed E-state index contributed by atoms with van der Waals surface area (Å²) in [7, 11) is 0. The van der Waals surface area contributed by atoms with Crippen molar-refractivity contribution in [2.75, 3.05) is 5.32 Å². The van der Waals surface area contributed by atoms with Gasteiger partial charge in [0.15, 0.2) is 0 Å². The number of rotatable bonds is 5. The summed E-state index contributed by atoms with van der Waals surface area (Å²) in [6.45, 7) is 3.64. The van der Waals surface area contributed by atoms with E-state index in [1.165, 1.54) is 0 Å². The van der Waals surface area contributed by atoms with E-state index in [1.807, 2.05) is 6.92 Å². The summed E-state index contributed by atoms with van der Waals surface area (Å²) < 4.78 is 0. The maximum Gasteiger partial charge on any atom is 0.338 e. The second-order valence-corrected chi connectivity index (χ2v) is 4.41. The summed E-state index contributed by atoms with van der Waals surface area (Å²) in [4.78, 5) is 23.0. The molecule has 1 aromatic rings. The fourth-order valence-corrected chi connectivity index (χ4v) is 1.86. The molecular weight excluding hydrogens is 256 g/mol. The van der Waals surface area contributed by atoms with E-state index in [4.69, 9.17) is 11.5 Å². The molecule has 0 aromatic heterocycles. The molecule has 3 N–H and O–H groups in total. The van der Waals surface area contributed by atoms with E-state index in [-0.39, 0.29) is 17.3 Å². The first-order valence-electron chi connectivity index (χ1n) is 6.36. The normalized spacial score (nSPS) is 11.2. The Morgan fingerprint density at radius 2 is 2.15 bits per heavy atom. The first-order chi connectivity index (χ1) is 9.49. The number of carboxylic acids is 1. The Hall–Kier alpha value is -2.48. The van der Waals surface area contributed by atoms with E-state index in [0.717, 1.165) is 6.42 Å². The van der Waals surface area contributed by atoms with Crippen molar-refractivity contribution in [3.05, 3.63) is 29.3 Å². The lowest BCUT2D eigenvalue weighted by molar-refractivity contribution is 0.0697. The van der Waals surface area contributed by atoms with E-state index >= 15 is 0 Å². The number of carboxylic acid groups (broad SMARTS) is 1. The molecule has 1 atom stereocenters. The number of aromatic carboxylic acids is 1. The zero-order valence-corrected chi connectivity index (χ0v) is 11.6. The summed E-state index contributed by atoms with van der Waals surface area (Å²) in [6, 6.07) is 4.03. The van der Waals surface area contributed by atoms with E-state index in [0.29, 0.717) is 12.0 Å². The molecule has 5 nitrogen and oxygen atoms in total. The highest BCUT2D eigenvalue weighted by Gasteiger charge is 2.15. The topological polar surface area (TPSA) is 78.4 Å². The average molecular weight is 274 g/mol. The predicted molar refractivity (Wildman–Crippen MR) is 77.8 cm³/mol. The van der Waals surface area contributed by atoms with Gasteiger partial charge in [-0.15, -0.1) is 6.42 Å². The van der Waals surface area contributed by atoms with Gasteiger partial charge in [0.2, 0.25) is 0 Å². The Labute approximate surface area is 118 Å². The molecule has 0 aliphatic rings. The third-order valence-electron chi connectivity index (χ3n) is 2.82. The Bertz CT molecular complexity index is 547. The number of carbonyl (C=O) groups is 2. The highest BCUT2D eigenvalue weighted by molar-refractivity contribution is 6.01. The zero-order valence-electron chi connectivity index (χ0n) is 11.6. The van der Waals surface area contributed by atoms with Gasteiger partial charge in [-0.1, -0.05) is 31.4 Å². The second-order valence-electron chi connectivity index (χ2n) is 4.41. The number of hydrogen-bond acceptors (Lipinski definition) is 2. The van der Waals surface area contributed by atoms with Crippen LogP contribution in [0, 0.1) is 19.3 Å². The Kier molecular flexibility index (Phi) is 5.60. The van der Waals surface area contributed by atoms with E-state index in [2.05, 4.69) is 16.6 Å². The Morgan fingerprint density at radius 3 is 2.70 bits per heavy atom. The fraction of sp³-hybridized carbons (Fsp3) is 0.333. The quantitative estimate of drug-likeness (QED) is 0.722. The molecule has 5 heteroatoms. The number of carbonyl (C=O) groups excluding carboxylic acids is 1. The van der Waals surface area contributed by atoms with Crippen LogP contribution in [0.25, 0.3) is 0 Å². The molecule has 0 aliphatic heterocycles. The van der Waals surface area contributed by atoms with Crippen LogP contribution in [-0.2, 0) is 0 Å². The monoisotopic (exact) mass is 274 g/mol. The van der Waals surface area contributed by atoms with Gasteiger partial charge in [0.25, 0.3) is 0 Å². The van der Waals surface area contributed by atoms with Crippen LogP contribution in [0.1, 0.15) is 35.7 Å². The smallest absolute Gasteiger partial charge is 0.338 e. The lowest BCUT2D eigenvalue weighted by Gasteiger charge is -2.14. The maximum absolute atomic E-state index is 11.8. The minimum absolute atomic E-state index is 0.0791. The number of hydrogen-bond donors (Lipinski definition) is 3. The summed E-state index contributed by atoms with van der Waals surface area (Å²) in [5, 5.41) is 14.3. The van der Waals surface area contributed by atoms with Crippen molar-refractivity contribution in [3.63, 3.8) is 0 Å². The zero-order chi connectivity index (χ0) is 15.1. The number of terminal acetylenes is 1. The summed E-state index contributed by atoms with van der Waals surface area (Å²) in [6.07, 6.45) is 6.83. The summed E-state index contributed by atoms with van der Waals surface area (Å²) in [5.41, 5.74) is 0.912. The van der Waals surface area contributed by atoms with E-state index < -0.39 is 12.0 Å². The van der Waals surface area contributed by atoms with Crippen molar-refractivity contribution in [3.8, 4) is 12.3 Å². The molecule has 1 rings (SSSR count). The molecule has 0 radical (unpaired) electrons. The van der Waals surface area contributed by atoms with Crippen molar-refractivity contribution in [2.24, 2.45) is 0 Å². The largest absolute Gasteiger partial charge is 0.478 e. The molecule has 0 fully saturated rings. The van der Waals surface area contributed by atoms with Crippen LogP contribution < -0.4 is 10.6 Å². The van der Waals surface area contributed by atoms with E-state index in [9.17, 15) is 9.59 Å². The molecule has 0 aliphatic carbocycles. The van der Waals surface area contributed by atoms with Crippen LogP contribution in [-0.4, -0.2) is 23.1 Å². The standard InChI is InChI=1S/C15H18N2O3/c1-4-7-11(5-2)16-15(20)17-12-9-6-8-10(3)13(12)14(18)19/h2,6,8-9,11H,4,7H2,1,3H3,(H,18,19)(H2,16,17,20). The van der Waals surface area contributed by atoms with Gasteiger partial charge in [-0.2, -0.15) is 0 Å². The van der Waals surface area contributed by atoms with Crippen molar-refractivity contribution < 1.29 is 14.7 Å². The van der Waals surface area contributed by atoms with Gasteiger partial charge in [0, 0.05) is 0 Å². The highest BCUT2D eigenvalue weighted by Crippen LogP contribution is 2.19. The van der Waals surface area contributed by atoms with Crippen LogP contribution in [0.15, 0.2) is 18.2 Å². The third-order valence-corrected chi connectivity index (χ3v) is 2.82. The highest BCUT2D eigenvalue weighted by atomic mass is 16.4. The van der Waals surface area contributed by atoms with Gasteiger partial charge in [-0.25, -0.2) is 9.59 Å². The number of amides is 2. The molecule has 0 saturated carbocycles. The number of anilines is 1. The Balaban J connectivity index is 2.84. The van der Waals surface area contributed by atoms with Gasteiger partial charge in [0.05, 0.1) is 17.3 Å². The van der Waals surface area contributed by atoms with Gasteiger partial charge in [-0.3, -0.25) is 0 Å². The SMILES string of the molecule is C#CC(CCC)NC(=O)Nc1cccc(C)c1C(=O)O. The predicted octanol–water partition coefficient (Wildman–Crippen LogP) is 2.62. The minimum Gasteiger partial charge on any atom is -0.478 e. The lowest BCUT2D eigenvalue weighted by Crippen LogP contribution is -2.37. The molecule has 20 heavy (non-hydrogen) atoms. The number of aryl methyl sites for hydroxylation is 1. The van der Waals surface area contributed by atoms with Crippen LogP contribution in [0.2, 0.25) is 0 Å². The van der Waals surface area contributed by atoms with Crippen molar-refractivity contribution >= 4 is 17.7 Å². The Morgan fingerprint density at radius 1 is 1.45 bits per heavy atom. The van der Waals surface area contributed by atoms with Gasteiger partial charge >= 0.3 is 12.0 Å². The maximum atomic E-state index is 11.8. The molecule has 0 bridgehead atoms.